The number of nitrogens with zero attached hydrogens (tertiary/aromatic N) is 2. The summed E-state index contributed by atoms with van der Waals surface area (Å²) in [4.78, 5) is 18.9. The second-order valence-electron chi connectivity index (χ2n) is 10.1. The van der Waals surface area contributed by atoms with Crippen molar-refractivity contribution in [3.8, 4) is 0 Å². The summed E-state index contributed by atoms with van der Waals surface area (Å²) in [6.45, 7) is 4.67. The summed E-state index contributed by atoms with van der Waals surface area (Å²) >= 11 is 0. The molecule has 11 heteroatoms. The number of hydrogen-bond acceptors (Lipinski definition) is 6. The molecule has 1 aliphatic heterocycles. The fourth-order valence-corrected chi connectivity index (χ4v) is 7.43. The van der Waals surface area contributed by atoms with Crippen LogP contribution in [0.15, 0.2) is 12.1 Å². The van der Waals surface area contributed by atoms with E-state index < -0.39 is 27.6 Å². The number of aryl methyl sites for hydroxylation is 1. The minimum Gasteiger partial charge on any atom is -0.379 e. The molecule has 1 unspecified atom stereocenters. The van der Waals surface area contributed by atoms with Crippen LogP contribution in [-0.2, 0) is 20.8 Å². The lowest BCUT2D eigenvalue weighted by molar-refractivity contribution is -0.141. The normalized spacial score (nSPS) is 25.3. The van der Waals surface area contributed by atoms with Crippen LogP contribution in [0.4, 0.5) is 13.2 Å². The Hall–Kier alpha value is -1.72. The molecular weight excluding hydrogens is 483 g/mol. The molecule has 3 aliphatic rings. The van der Waals surface area contributed by atoms with E-state index in [2.05, 4.69) is 15.2 Å². The quantitative estimate of drug-likeness (QED) is 0.570. The van der Waals surface area contributed by atoms with Crippen LogP contribution in [0.3, 0.4) is 0 Å². The number of hydrogen-bond donors (Lipinski definition) is 1. The van der Waals surface area contributed by atoms with Gasteiger partial charge in [-0.05, 0) is 69.4 Å². The molecule has 2 aliphatic carbocycles. The third-order valence-electron chi connectivity index (χ3n) is 7.46. The van der Waals surface area contributed by atoms with Gasteiger partial charge in [0.05, 0.1) is 35.5 Å². The van der Waals surface area contributed by atoms with Crippen molar-refractivity contribution >= 4 is 15.7 Å². The lowest BCUT2D eigenvalue weighted by Gasteiger charge is -2.38. The van der Waals surface area contributed by atoms with Crippen LogP contribution in [0.1, 0.15) is 60.3 Å². The van der Waals surface area contributed by atoms with Crippen molar-refractivity contribution in [3.05, 3.63) is 29.1 Å². The van der Waals surface area contributed by atoms with Crippen LogP contribution < -0.4 is 5.32 Å². The van der Waals surface area contributed by atoms with Gasteiger partial charge in [-0.2, -0.15) is 13.2 Å². The van der Waals surface area contributed by atoms with Crippen LogP contribution in [-0.4, -0.2) is 74.1 Å². The molecule has 1 atom stereocenters. The number of carbonyl (C=O) groups is 1. The van der Waals surface area contributed by atoms with E-state index in [0.717, 1.165) is 32.0 Å². The van der Waals surface area contributed by atoms with Gasteiger partial charge in [-0.25, -0.2) is 13.4 Å². The molecule has 7 nitrogen and oxygen atoms in total. The van der Waals surface area contributed by atoms with Gasteiger partial charge in [-0.3, -0.25) is 9.69 Å². The molecule has 0 aromatic carbocycles. The number of halogens is 3. The third kappa shape index (κ3) is 6.95. The summed E-state index contributed by atoms with van der Waals surface area (Å²) in [5.41, 5.74) is -0.884. The molecule has 35 heavy (non-hydrogen) atoms. The summed E-state index contributed by atoms with van der Waals surface area (Å²) in [6, 6.07) is 1.76. The van der Waals surface area contributed by atoms with Crippen LogP contribution in [0.2, 0.25) is 0 Å². The Morgan fingerprint density at radius 3 is 2.37 bits per heavy atom. The third-order valence-corrected chi connectivity index (χ3v) is 9.88. The first-order valence-corrected chi connectivity index (χ1v) is 14.1. The monoisotopic (exact) mass is 517 g/mol. The van der Waals surface area contributed by atoms with E-state index in [1.165, 1.54) is 13.0 Å². The molecule has 1 N–H and O–H groups in total. The van der Waals surface area contributed by atoms with Crippen LogP contribution in [0, 0.1) is 18.8 Å². The molecule has 0 radical (unpaired) electrons. The molecule has 2 heterocycles. The van der Waals surface area contributed by atoms with E-state index >= 15 is 0 Å². The summed E-state index contributed by atoms with van der Waals surface area (Å²) in [5.74, 6) is 0.255. The first-order valence-electron chi connectivity index (χ1n) is 12.4. The van der Waals surface area contributed by atoms with E-state index in [1.807, 2.05) is 0 Å². The number of aromatic nitrogens is 1. The van der Waals surface area contributed by atoms with Crippen molar-refractivity contribution in [1.82, 2.24) is 15.2 Å². The van der Waals surface area contributed by atoms with Crippen LogP contribution in [0.25, 0.3) is 0 Å². The van der Waals surface area contributed by atoms with E-state index in [-0.39, 0.29) is 34.2 Å². The fraction of sp³-hybridized carbons (Fsp3) is 0.750. The highest BCUT2D eigenvalue weighted by molar-refractivity contribution is 7.92. The molecule has 0 spiro atoms. The number of pyridine rings is 1. The average molecular weight is 518 g/mol. The predicted molar refractivity (Wildman–Crippen MR) is 125 cm³/mol. The minimum atomic E-state index is -4.57. The van der Waals surface area contributed by atoms with Crippen molar-refractivity contribution in [2.24, 2.45) is 11.8 Å². The summed E-state index contributed by atoms with van der Waals surface area (Å²) in [5, 5.41) is 2.73. The van der Waals surface area contributed by atoms with Crippen molar-refractivity contribution in [2.75, 3.05) is 38.6 Å². The van der Waals surface area contributed by atoms with Crippen LogP contribution in [0.5, 0.6) is 0 Å². The SMILES string of the molecule is Cc1nc(C(F)(F)F)ccc1C(=O)NC(CN1CCOCC1)C1CCC(S(=O)(=O)CC2CC2)CC1. The maximum atomic E-state index is 13.1. The predicted octanol–water partition coefficient (Wildman–Crippen LogP) is 3.22. The Balaban J connectivity index is 1.44. The second kappa shape index (κ2) is 10.7. The lowest BCUT2D eigenvalue weighted by Crippen LogP contribution is -2.51. The topological polar surface area (TPSA) is 88.6 Å². The molecule has 2 saturated carbocycles. The van der Waals surface area contributed by atoms with Gasteiger partial charge in [-0.1, -0.05) is 0 Å². The number of ether oxygens (including phenoxy) is 1. The molecule has 0 bridgehead atoms. The highest BCUT2D eigenvalue weighted by atomic mass is 32.2. The number of carbonyl (C=O) groups excluding carboxylic acids is 1. The Morgan fingerprint density at radius 1 is 1.14 bits per heavy atom. The first kappa shape index (κ1) is 26.3. The van der Waals surface area contributed by atoms with Gasteiger partial charge in [0, 0.05) is 25.7 Å². The number of sulfone groups is 1. The van der Waals surface area contributed by atoms with Crippen LogP contribution >= 0.6 is 0 Å². The number of amides is 1. The number of rotatable bonds is 8. The largest absolute Gasteiger partial charge is 0.433 e. The standard InChI is InChI=1S/C24H34F3N3O4S/c1-16-20(8-9-22(28-16)24(25,26)27)23(31)29-21(14-30-10-12-34-13-11-30)18-4-6-19(7-5-18)35(32,33)15-17-2-3-17/h8-9,17-19,21H,2-7,10-15H2,1H3,(H,29,31). The molecule has 4 rings (SSSR count). The molecule has 1 aromatic heterocycles. The van der Waals surface area contributed by atoms with Gasteiger partial charge in [-0.15, -0.1) is 0 Å². The van der Waals surface area contributed by atoms with Crippen molar-refractivity contribution < 1.29 is 31.1 Å². The Bertz CT molecular complexity index is 1000. The molecule has 3 fully saturated rings. The summed E-state index contributed by atoms with van der Waals surface area (Å²) in [6.07, 6.45) is -0.0354. The Morgan fingerprint density at radius 2 is 1.80 bits per heavy atom. The molecule has 196 valence electrons. The van der Waals surface area contributed by atoms with Gasteiger partial charge in [0.15, 0.2) is 9.84 Å². The highest BCUT2D eigenvalue weighted by Gasteiger charge is 2.38. The molecule has 1 aromatic rings. The number of morpholine rings is 1. The number of nitrogens with one attached hydrogen (secondary N) is 1. The second-order valence-corrected chi connectivity index (χ2v) is 12.5. The van der Waals surface area contributed by atoms with Gasteiger partial charge in [0.25, 0.3) is 5.91 Å². The maximum absolute atomic E-state index is 13.1. The zero-order valence-corrected chi connectivity index (χ0v) is 20.8. The van der Waals surface area contributed by atoms with Gasteiger partial charge < -0.3 is 10.1 Å². The maximum Gasteiger partial charge on any atom is 0.433 e. The van der Waals surface area contributed by atoms with E-state index in [0.29, 0.717) is 51.4 Å². The minimum absolute atomic E-state index is 0.0253. The molecular formula is C24H34F3N3O4S. The van der Waals surface area contributed by atoms with Gasteiger partial charge in [0.2, 0.25) is 0 Å². The van der Waals surface area contributed by atoms with E-state index in [9.17, 15) is 26.4 Å². The van der Waals surface area contributed by atoms with Gasteiger partial charge >= 0.3 is 6.18 Å². The Labute approximate surface area is 204 Å². The first-order chi connectivity index (χ1) is 16.5. The van der Waals surface area contributed by atoms with E-state index in [4.69, 9.17) is 4.74 Å². The smallest absolute Gasteiger partial charge is 0.379 e. The van der Waals surface area contributed by atoms with Crippen molar-refractivity contribution in [3.63, 3.8) is 0 Å². The lowest BCUT2D eigenvalue weighted by atomic mass is 9.83. The van der Waals surface area contributed by atoms with Crippen molar-refractivity contribution in [2.45, 2.75) is 62.9 Å². The molecule has 1 amide bonds. The summed E-state index contributed by atoms with van der Waals surface area (Å²) < 4.78 is 69.9. The Kier molecular flexibility index (Phi) is 8.07. The average Bonchev–Trinajstić information content (AvgIpc) is 3.62. The number of alkyl halides is 3. The summed E-state index contributed by atoms with van der Waals surface area (Å²) in [7, 11) is -3.10. The van der Waals surface area contributed by atoms with E-state index in [1.54, 1.807) is 0 Å². The molecule has 1 saturated heterocycles. The zero-order valence-electron chi connectivity index (χ0n) is 20.0. The highest BCUT2D eigenvalue weighted by Crippen LogP contribution is 2.36. The van der Waals surface area contributed by atoms with Crippen molar-refractivity contribution in [1.29, 1.82) is 0 Å². The van der Waals surface area contributed by atoms with Gasteiger partial charge in [0.1, 0.15) is 5.69 Å². The zero-order chi connectivity index (χ0) is 25.2. The fourth-order valence-electron chi connectivity index (χ4n) is 5.18.